The second kappa shape index (κ2) is 6.53. The molecule has 1 nitrogen and oxygen atoms in total. The van der Waals surface area contributed by atoms with Crippen molar-refractivity contribution in [3.8, 4) is 0 Å². The van der Waals surface area contributed by atoms with Crippen molar-refractivity contribution >= 4 is 31.9 Å². The average Bonchev–Trinajstić information content (AvgIpc) is 2.18. The van der Waals surface area contributed by atoms with Gasteiger partial charge in [-0.3, -0.25) is 0 Å². The minimum Gasteiger partial charge on any atom is -0.313 e. The molecule has 1 rings (SSSR count). The molecule has 0 heterocycles. The molecule has 0 saturated heterocycles. The van der Waals surface area contributed by atoms with Crippen LogP contribution in [-0.2, 0) is 6.54 Å². The van der Waals surface area contributed by atoms with Crippen molar-refractivity contribution in [1.29, 1.82) is 0 Å². The summed E-state index contributed by atoms with van der Waals surface area (Å²) in [6.45, 7) is 1.48. The SMILES string of the molecule is Fc1ccc(Br)cc1CNCCCBr. The van der Waals surface area contributed by atoms with Crippen molar-refractivity contribution in [2.45, 2.75) is 13.0 Å². The van der Waals surface area contributed by atoms with E-state index >= 15 is 0 Å². The zero-order chi connectivity index (χ0) is 10.4. The van der Waals surface area contributed by atoms with E-state index < -0.39 is 0 Å². The Hall–Kier alpha value is 0.0700. The van der Waals surface area contributed by atoms with Crippen LogP contribution in [0.5, 0.6) is 0 Å². The van der Waals surface area contributed by atoms with Gasteiger partial charge in [0.05, 0.1) is 0 Å². The van der Waals surface area contributed by atoms with Gasteiger partial charge in [-0.2, -0.15) is 0 Å². The number of alkyl halides is 1. The summed E-state index contributed by atoms with van der Waals surface area (Å²) in [6.07, 6.45) is 1.05. The predicted molar refractivity (Wildman–Crippen MR) is 64.2 cm³/mol. The molecule has 0 radical (unpaired) electrons. The van der Waals surface area contributed by atoms with Crippen molar-refractivity contribution in [2.75, 3.05) is 11.9 Å². The van der Waals surface area contributed by atoms with Crippen molar-refractivity contribution in [3.05, 3.63) is 34.1 Å². The minimum absolute atomic E-state index is 0.153. The van der Waals surface area contributed by atoms with Crippen molar-refractivity contribution in [1.82, 2.24) is 5.32 Å². The van der Waals surface area contributed by atoms with Crippen LogP contribution in [0.3, 0.4) is 0 Å². The van der Waals surface area contributed by atoms with Gasteiger partial charge in [0.25, 0.3) is 0 Å². The van der Waals surface area contributed by atoms with Crippen LogP contribution in [-0.4, -0.2) is 11.9 Å². The van der Waals surface area contributed by atoms with E-state index in [2.05, 4.69) is 37.2 Å². The molecular formula is C10H12Br2FN. The van der Waals surface area contributed by atoms with Crippen molar-refractivity contribution in [3.63, 3.8) is 0 Å². The molecule has 78 valence electrons. The van der Waals surface area contributed by atoms with Crippen LogP contribution in [0.4, 0.5) is 4.39 Å². The normalized spacial score (nSPS) is 10.5. The van der Waals surface area contributed by atoms with Gasteiger partial charge in [-0.15, -0.1) is 0 Å². The number of halogens is 3. The predicted octanol–water partition coefficient (Wildman–Crippen LogP) is 3.46. The lowest BCUT2D eigenvalue weighted by atomic mass is 10.2. The third kappa shape index (κ3) is 4.07. The number of hydrogen-bond donors (Lipinski definition) is 1. The van der Waals surface area contributed by atoms with Crippen LogP contribution in [0.1, 0.15) is 12.0 Å². The van der Waals surface area contributed by atoms with Gasteiger partial charge < -0.3 is 5.32 Å². The van der Waals surface area contributed by atoms with Gasteiger partial charge in [0.1, 0.15) is 5.82 Å². The number of hydrogen-bond acceptors (Lipinski definition) is 1. The van der Waals surface area contributed by atoms with Gasteiger partial charge in [0.2, 0.25) is 0 Å². The van der Waals surface area contributed by atoms with Gasteiger partial charge >= 0.3 is 0 Å². The van der Waals surface area contributed by atoms with E-state index in [-0.39, 0.29) is 5.82 Å². The molecule has 4 heteroatoms. The molecule has 0 fully saturated rings. The highest BCUT2D eigenvalue weighted by molar-refractivity contribution is 9.10. The van der Waals surface area contributed by atoms with Crippen molar-refractivity contribution in [2.24, 2.45) is 0 Å². The van der Waals surface area contributed by atoms with E-state index in [9.17, 15) is 4.39 Å². The van der Waals surface area contributed by atoms with E-state index in [0.717, 1.165) is 22.8 Å². The van der Waals surface area contributed by atoms with Crippen LogP contribution < -0.4 is 5.32 Å². The molecular weight excluding hydrogens is 313 g/mol. The molecule has 1 aromatic carbocycles. The Bertz CT molecular complexity index is 291. The lowest BCUT2D eigenvalue weighted by Gasteiger charge is -2.05. The molecule has 1 aromatic rings. The zero-order valence-corrected chi connectivity index (χ0v) is 10.9. The van der Waals surface area contributed by atoms with E-state index in [1.807, 2.05) is 0 Å². The Kier molecular flexibility index (Phi) is 5.67. The third-order valence-electron chi connectivity index (χ3n) is 1.81. The van der Waals surface area contributed by atoms with E-state index in [0.29, 0.717) is 12.1 Å². The second-order valence-corrected chi connectivity index (χ2v) is 4.66. The first-order valence-electron chi connectivity index (χ1n) is 4.44. The summed E-state index contributed by atoms with van der Waals surface area (Å²) < 4.78 is 14.1. The molecule has 0 atom stereocenters. The van der Waals surface area contributed by atoms with Gasteiger partial charge in [-0.1, -0.05) is 31.9 Å². The Labute approximate surface area is 100 Å². The Balaban J connectivity index is 2.45. The monoisotopic (exact) mass is 323 g/mol. The Morgan fingerprint density at radius 1 is 1.36 bits per heavy atom. The maximum Gasteiger partial charge on any atom is 0.127 e. The maximum atomic E-state index is 13.2. The van der Waals surface area contributed by atoms with Gasteiger partial charge in [-0.25, -0.2) is 4.39 Å². The average molecular weight is 325 g/mol. The quantitative estimate of drug-likeness (QED) is 0.646. The van der Waals surface area contributed by atoms with E-state index in [1.165, 1.54) is 6.07 Å². The standard InChI is InChI=1S/C10H12Br2FN/c11-4-1-5-14-7-8-6-9(12)2-3-10(8)13/h2-3,6,14H,1,4-5,7H2. The molecule has 0 amide bonds. The molecule has 0 unspecified atom stereocenters. The third-order valence-corrected chi connectivity index (χ3v) is 2.86. The van der Waals surface area contributed by atoms with E-state index in [1.54, 1.807) is 12.1 Å². The van der Waals surface area contributed by atoms with Gasteiger partial charge in [0, 0.05) is 21.9 Å². The number of benzene rings is 1. The fourth-order valence-electron chi connectivity index (χ4n) is 1.09. The van der Waals surface area contributed by atoms with Crippen LogP contribution in [0.25, 0.3) is 0 Å². The largest absolute Gasteiger partial charge is 0.313 e. The summed E-state index contributed by atoms with van der Waals surface area (Å²) in [5.74, 6) is -0.153. The topological polar surface area (TPSA) is 12.0 Å². The summed E-state index contributed by atoms with van der Waals surface area (Å²) in [5.41, 5.74) is 0.703. The second-order valence-electron chi connectivity index (χ2n) is 2.96. The molecule has 0 aliphatic heterocycles. The highest BCUT2D eigenvalue weighted by atomic mass is 79.9. The molecule has 1 N–H and O–H groups in total. The lowest BCUT2D eigenvalue weighted by molar-refractivity contribution is 0.587. The molecule has 0 spiro atoms. The van der Waals surface area contributed by atoms with Gasteiger partial charge in [0.15, 0.2) is 0 Å². The van der Waals surface area contributed by atoms with Crippen LogP contribution >= 0.6 is 31.9 Å². The fourth-order valence-corrected chi connectivity index (χ4v) is 1.78. The molecule has 0 bridgehead atoms. The zero-order valence-electron chi connectivity index (χ0n) is 7.69. The summed E-state index contributed by atoms with van der Waals surface area (Å²) in [5, 5.41) is 4.15. The minimum atomic E-state index is -0.153. The molecule has 14 heavy (non-hydrogen) atoms. The first kappa shape index (κ1) is 12.1. The fraction of sp³-hybridized carbons (Fsp3) is 0.400. The summed E-state index contributed by atoms with van der Waals surface area (Å²) in [7, 11) is 0. The van der Waals surface area contributed by atoms with Crippen LogP contribution in [0.2, 0.25) is 0 Å². The molecule has 0 aliphatic carbocycles. The lowest BCUT2D eigenvalue weighted by Crippen LogP contribution is -2.15. The first-order valence-corrected chi connectivity index (χ1v) is 6.36. The van der Waals surface area contributed by atoms with Gasteiger partial charge in [-0.05, 0) is 31.2 Å². The van der Waals surface area contributed by atoms with Crippen molar-refractivity contribution < 1.29 is 4.39 Å². The molecule has 0 aliphatic rings. The summed E-state index contributed by atoms with van der Waals surface area (Å²) in [6, 6.07) is 4.99. The van der Waals surface area contributed by atoms with Crippen LogP contribution in [0, 0.1) is 5.82 Å². The maximum absolute atomic E-state index is 13.2. The Morgan fingerprint density at radius 3 is 2.86 bits per heavy atom. The number of nitrogens with one attached hydrogen (secondary N) is 1. The molecule has 0 aromatic heterocycles. The highest BCUT2D eigenvalue weighted by Gasteiger charge is 2.01. The smallest absolute Gasteiger partial charge is 0.127 e. The van der Waals surface area contributed by atoms with E-state index in [4.69, 9.17) is 0 Å². The highest BCUT2D eigenvalue weighted by Crippen LogP contribution is 2.15. The number of rotatable bonds is 5. The summed E-state index contributed by atoms with van der Waals surface area (Å²) in [4.78, 5) is 0. The van der Waals surface area contributed by atoms with Crippen LogP contribution in [0.15, 0.2) is 22.7 Å². The Morgan fingerprint density at radius 2 is 2.14 bits per heavy atom. The first-order chi connectivity index (χ1) is 6.74. The summed E-state index contributed by atoms with van der Waals surface area (Å²) >= 11 is 6.66. The molecule has 0 saturated carbocycles.